The predicted molar refractivity (Wildman–Crippen MR) is 85.5 cm³/mol. The van der Waals surface area contributed by atoms with Crippen LogP contribution in [0, 0.1) is 4.77 Å². The summed E-state index contributed by atoms with van der Waals surface area (Å²) in [4.78, 5) is 11.7. The molecular formula is C14H16N4O3S. The van der Waals surface area contributed by atoms with Crippen molar-refractivity contribution in [3.8, 4) is 11.5 Å². The molecule has 0 amide bonds. The minimum Gasteiger partial charge on any atom is -0.494 e. The highest BCUT2D eigenvalue weighted by Crippen LogP contribution is 2.24. The highest BCUT2D eigenvalue weighted by molar-refractivity contribution is 7.71. The molecule has 0 aliphatic rings. The normalized spacial score (nSPS) is 10.8. The topological polar surface area (TPSA) is 81.5 Å². The average Bonchev–Trinajstić information content (AvgIpc) is 2.49. The van der Waals surface area contributed by atoms with E-state index in [-0.39, 0.29) is 4.77 Å². The van der Waals surface area contributed by atoms with Gasteiger partial charge in [-0.2, -0.15) is 14.9 Å². The molecule has 2 rings (SSSR count). The molecule has 1 heterocycles. The van der Waals surface area contributed by atoms with E-state index in [2.05, 4.69) is 15.3 Å². The summed E-state index contributed by atoms with van der Waals surface area (Å²) in [6.07, 6.45) is 2.61. The second-order valence-electron chi connectivity index (χ2n) is 4.14. The molecule has 0 atom stereocenters. The molecule has 2 aromatic rings. The Balaban J connectivity index is 2.38. The lowest BCUT2D eigenvalue weighted by molar-refractivity contribution is 0.323. The Kier molecular flexibility index (Phi) is 5.42. The minimum atomic E-state index is -0.413. The van der Waals surface area contributed by atoms with E-state index in [0.29, 0.717) is 30.3 Å². The van der Waals surface area contributed by atoms with E-state index in [1.54, 1.807) is 12.1 Å². The zero-order chi connectivity index (χ0) is 15.9. The van der Waals surface area contributed by atoms with Crippen molar-refractivity contribution in [1.29, 1.82) is 0 Å². The number of benzene rings is 1. The Morgan fingerprint density at radius 3 is 2.82 bits per heavy atom. The van der Waals surface area contributed by atoms with Crippen LogP contribution in [0.1, 0.15) is 19.4 Å². The van der Waals surface area contributed by atoms with Crippen molar-refractivity contribution in [1.82, 2.24) is 14.9 Å². The van der Waals surface area contributed by atoms with Gasteiger partial charge in [0.15, 0.2) is 0 Å². The molecule has 0 unspecified atom stereocenters. The van der Waals surface area contributed by atoms with Crippen molar-refractivity contribution in [2.24, 2.45) is 5.10 Å². The monoisotopic (exact) mass is 320 g/mol. The van der Waals surface area contributed by atoms with Crippen LogP contribution in [0.15, 0.2) is 34.3 Å². The van der Waals surface area contributed by atoms with Gasteiger partial charge in [0.2, 0.25) is 4.77 Å². The van der Waals surface area contributed by atoms with Gasteiger partial charge in [0.25, 0.3) is 5.56 Å². The summed E-state index contributed by atoms with van der Waals surface area (Å²) in [6.45, 7) is 4.87. The van der Waals surface area contributed by atoms with Gasteiger partial charge >= 0.3 is 0 Å². The van der Waals surface area contributed by atoms with Crippen LogP contribution in [-0.4, -0.2) is 34.3 Å². The molecule has 1 aromatic carbocycles. The number of nitrogens with zero attached hydrogens (tertiary/aromatic N) is 3. The summed E-state index contributed by atoms with van der Waals surface area (Å²) in [5.74, 6) is 1.33. The summed E-state index contributed by atoms with van der Waals surface area (Å²) >= 11 is 4.97. The molecule has 8 heteroatoms. The fourth-order valence-electron chi connectivity index (χ4n) is 1.73. The highest BCUT2D eigenvalue weighted by atomic mass is 32.1. The second-order valence-corrected chi connectivity index (χ2v) is 4.52. The van der Waals surface area contributed by atoms with Gasteiger partial charge in [-0.05, 0) is 38.2 Å². The molecular weight excluding hydrogens is 304 g/mol. The SMILES string of the molecule is CCOc1ccc(/C=N\n2c(=O)cn[nH]c2=S)c(OCC)c1. The molecule has 0 fully saturated rings. The Morgan fingerprint density at radius 1 is 1.36 bits per heavy atom. The van der Waals surface area contributed by atoms with Crippen molar-refractivity contribution in [3.05, 3.63) is 45.1 Å². The smallest absolute Gasteiger partial charge is 0.293 e. The third-order valence-corrected chi connectivity index (χ3v) is 2.91. The van der Waals surface area contributed by atoms with Crippen LogP contribution in [0.25, 0.3) is 0 Å². The van der Waals surface area contributed by atoms with Crippen molar-refractivity contribution < 1.29 is 9.47 Å². The quantitative estimate of drug-likeness (QED) is 0.650. The summed E-state index contributed by atoms with van der Waals surface area (Å²) in [7, 11) is 0. The molecule has 0 spiro atoms. The number of aromatic amines is 1. The van der Waals surface area contributed by atoms with Crippen LogP contribution >= 0.6 is 12.2 Å². The van der Waals surface area contributed by atoms with E-state index < -0.39 is 5.56 Å². The van der Waals surface area contributed by atoms with Gasteiger partial charge in [0.05, 0.1) is 19.4 Å². The maximum absolute atomic E-state index is 11.7. The molecule has 116 valence electrons. The number of ether oxygens (including phenoxy) is 2. The molecule has 1 aromatic heterocycles. The number of aromatic nitrogens is 3. The van der Waals surface area contributed by atoms with E-state index >= 15 is 0 Å². The second kappa shape index (κ2) is 7.51. The van der Waals surface area contributed by atoms with Crippen LogP contribution in [0.5, 0.6) is 11.5 Å². The predicted octanol–water partition coefficient (Wildman–Crippen LogP) is 1.98. The van der Waals surface area contributed by atoms with Gasteiger partial charge in [-0.3, -0.25) is 9.89 Å². The fourth-order valence-corrected chi connectivity index (χ4v) is 1.92. The molecule has 0 saturated carbocycles. The Labute approximate surface area is 132 Å². The van der Waals surface area contributed by atoms with E-state index in [1.807, 2.05) is 19.9 Å². The summed E-state index contributed by atoms with van der Waals surface area (Å²) in [5.41, 5.74) is 0.298. The van der Waals surface area contributed by atoms with Crippen LogP contribution < -0.4 is 15.0 Å². The van der Waals surface area contributed by atoms with Gasteiger partial charge in [0.1, 0.15) is 17.7 Å². The fraction of sp³-hybridized carbons (Fsp3) is 0.286. The van der Waals surface area contributed by atoms with E-state index in [0.717, 1.165) is 10.9 Å². The molecule has 7 nitrogen and oxygen atoms in total. The van der Waals surface area contributed by atoms with Gasteiger partial charge in [0, 0.05) is 11.6 Å². The van der Waals surface area contributed by atoms with Gasteiger partial charge in [-0.15, -0.1) is 0 Å². The summed E-state index contributed by atoms with van der Waals surface area (Å²) in [6, 6.07) is 5.40. The van der Waals surface area contributed by atoms with Gasteiger partial charge in [-0.1, -0.05) is 0 Å². The first-order valence-electron chi connectivity index (χ1n) is 6.76. The average molecular weight is 320 g/mol. The molecule has 0 aliphatic carbocycles. The van der Waals surface area contributed by atoms with Crippen molar-refractivity contribution in [2.45, 2.75) is 13.8 Å². The standard InChI is InChI=1S/C14H16N4O3S/c1-3-20-11-6-5-10(12(7-11)21-4-2)8-16-18-13(19)9-15-17-14(18)22/h5-9H,3-4H2,1-2H3,(H,17,22)/b16-8-. The Morgan fingerprint density at radius 2 is 2.14 bits per heavy atom. The lowest BCUT2D eigenvalue weighted by atomic mass is 10.2. The minimum absolute atomic E-state index is 0.118. The zero-order valence-electron chi connectivity index (χ0n) is 12.3. The van der Waals surface area contributed by atoms with Crippen LogP contribution in [-0.2, 0) is 0 Å². The largest absolute Gasteiger partial charge is 0.494 e. The lowest BCUT2D eigenvalue weighted by Crippen LogP contribution is -2.18. The molecule has 0 saturated heterocycles. The zero-order valence-corrected chi connectivity index (χ0v) is 13.1. The Hall–Kier alpha value is -2.48. The highest BCUT2D eigenvalue weighted by Gasteiger charge is 2.04. The number of nitrogens with one attached hydrogen (secondary N) is 1. The van der Waals surface area contributed by atoms with Crippen LogP contribution in [0.3, 0.4) is 0 Å². The van der Waals surface area contributed by atoms with E-state index in [1.165, 1.54) is 6.21 Å². The summed E-state index contributed by atoms with van der Waals surface area (Å²) < 4.78 is 12.2. The van der Waals surface area contributed by atoms with Gasteiger partial charge < -0.3 is 9.47 Å². The molecule has 0 radical (unpaired) electrons. The number of hydrogen-bond donors (Lipinski definition) is 1. The molecule has 22 heavy (non-hydrogen) atoms. The number of rotatable bonds is 6. The third kappa shape index (κ3) is 3.79. The summed E-state index contributed by atoms with van der Waals surface area (Å²) in [5, 5.41) is 10.2. The van der Waals surface area contributed by atoms with E-state index in [9.17, 15) is 4.79 Å². The molecule has 1 N–H and O–H groups in total. The van der Waals surface area contributed by atoms with Crippen LogP contribution in [0.2, 0.25) is 0 Å². The van der Waals surface area contributed by atoms with Crippen LogP contribution in [0.4, 0.5) is 0 Å². The van der Waals surface area contributed by atoms with Crippen molar-refractivity contribution >= 4 is 18.4 Å². The third-order valence-electron chi connectivity index (χ3n) is 2.64. The van der Waals surface area contributed by atoms with Gasteiger partial charge in [-0.25, -0.2) is 0 Å². The number of hydrogen-bond acceptors (Lipinski definition) is 6. The first-order chi connectivity index (χ1) is 10.7. The lowest BCUT2D eigenvalue weighted by Gasteiger charge is -2.10. The first-order valence-corrected chi connectivity index (χ1v) is 7.17. The van der Waals surface area contributed by atoms with Crippen molar-refractivity contribution in [3.63, 3.8) is 0 Å². The number of H-pyrrole nitrogens is 1. The molecule has 0 aliphatic heterocycles. The van der Waals surface area contributed by atoms with Crippen molar-refractivity contribution in [2.75, 3.05) is 13.2 Å². The maximum atomic E-state index is 11.7. The maximum Gasteiger partial charge on any atom is 0.293 e. The molecule has 0 bridgehead atoms. The van der Waals surface area contributed by atoms with E-state index in [4.69, 9.17) is 21.7 Å². The Bertz CT molecular complexity index is 754. The first kappa shape index (κ1) is 15.9.